The zero-order valence-electron chi connectivity index (χ0n) is 12.4. The minimum absolute atomic E-state index is 0.941. The molecule has 1 heterocycles. The Balaban J connectivity index is 2.30. The highest BCUT2D eigenvalue weighted by Crippen LogP contribution is 2.31. The van der Waals surface area contributed by atoms with E-state index >= 15 is 0 Å². The summed E-state index contributed by atoms with van der Waals surface area (Å²) in [5, 5.41) is 3.42. The highest BCUT2D eigenvalue weighted by Gasteiger charge is 2.15. The van der Waals surface area contributed by atoms with E-state index in [0.29, 0.717) is 0 Å². The van der Waals surface area contributed by atoms with Gasteiger partial charge in [0.1, 0.15) is 11.0 Å². The summed E-state index contributed by atoms with van der Waals surface area (Å²) in [7, 11) is 0. The maximum atomic E-state index is 4.82. The van der Waals surface area contributed by atoms with Crippen molar-refractivity contribution < 1.29 is 0 Å². The molecule has 0 amide bonds. The highest BCUT2D eigenvalue weighted by atomic mass is 32.1. The Morgan fingerprint density at radius 1 is 0.900 bits per heavy atom. The van der Waals surface area contributed by atoms with Gasteiger partial charge in [-0.25, -0.2) is 4.98 Å². The molecule has 0 aliphatic carbocycles. The largest absolute Gasteiger partial charge is 0.385 e. The molecule has 102 valence electrons. The fourth-order valence-electron chi connectivity index (χ4n) is 2.41. The van der Waals surface area contributed by atoms with Crippen LogP contribution < -0.4 is 5.32 Å². The Morgan fingerprint density at radius 3 is 2.20 bits per heavy atom. The smallest absolute Gasteiger partial charge is 0.259 e. The van der Waals surface area contributed by atoms with Crippen LogP contribution in [-0.4, -0.2) is 11.5 Å². The maximum Gasteiger partial charge on any atom is 0.259 e. The zero-order valence-corrected chi connectivity index (χ0v) is 13.2. The highest BCUT2D eigenvalue weighted by molar-refractivity contribution is 7.24. The van der Waals surface area contributed by atoms with Crippen molar-refractivity contribution in [3.8, 4) is 0 Å². The molecule has 20 heavy (non-hydrogen) atoms. The Hall–Kier alpha value is -1.74. The van der Waals surface area contributed by atoms with Crippen molar-refractivity contribution in [2.24, 2.45) is 0 Å². The van der Waals surface area contributed by atoms with E-state index in [4.69, 9.17) is 4.98 Å². The van der Waals surface area contributed by atoms with Gasteiger partial charge in [0.15, 0.2) is 0 Å². The molecule has 1 N–H and O–H groups in total. The molecule has 3 rings (SSSR count). The number of anilines is 1. The van der Waals surface area contributed by atoms with Crippen molar-refractivity contribution in [2.75, 3.05) is 11.9 Å². The van der Waals surface area contributed by atoms with Crippen LogP contribution in [0.15, 0.2) is 24.3 Å². The molecule has 0 aliphatic heterocycles. The molecule has 1 aromatic heterocycles. The summed E-state index contributed by atoms with van der Waals surface area (Å²) in [5.41, 5.74) is 7.28. The Morgan fingerprint density at radius 2 is 1.50 bits per heavy atom. The average Bonchev–Trinajstić information content (AvgIpc) is 2.40. The number of aromatic nitrogens is 1. The van der Waals surface area contributed by atoms with Crippen LogP contribution in [0.25, 0.3) is 20.4 Å². The second-order valence-corrected chi connectivity index (χ2v) is 6.37. The van der Waals surface area contributed by atoms with Crippen LogP contribution in [0.1, 0.15) is 23.6 Å². The summed E-state index contributed by atoms with van der Waals surface area (Å²) >= 11 is 1.82. The number of hydrogen-bond acceptors (Lipinski definition) is 2. The molecule has 3 heteroatoms. The molecular formula is C17H19N2S+. The fourth-order valence-corrected chi connectivity index (χ4v) is 3.48. The van der Waals surface area contributed by atoms with E-state index in [1.807, 2.05) is 11.3 Å². The molecular weight excluding hydrogens is 264 g/mol. The van der Waals surface area contributed by atoms with Crippen LogP contribution in [0.4, 0.5) is 5.69 Å². The summed E-state index contributed by atoms with van der Waals surface area (Å²) in [6, 6.07) is 8.83. The summed E-state index contributed by atoms with van der Waals surface area (Å²) in [6.07, 6.45) is 0. The van der Waals surface area contributed by atoms with Crippen molar-refractivity contribution in [1.82, 2.24) is 4.98 Å². The number of nitrogens with zero attached hydrogens (tertiary/aromatic N) is 1. The van der Waals surface area contributed by atoms with Crippen LogP contribution in [0, 0.1) is 20.8 Å². The molecule has 0 unspecified atom stereocenters. The van der Waals surface area contributed by atoms with Crippen molar-refractivity contribution in [2.45, 2.75) is 27.7 Å². The first kappa shape index (κ1) is 13.3. The molecule has 0 saturated carbocycles. The number of rotatable bonds is 2. The Kier molecular flexibility index (Phi) is 3.30. The third-order valence-electron chi connectivity index (χ3n) is 3.71. The number of nitrogens with one attached hydrogen (secondary N) is 1. The first-order chi connectivity index (χ1) is 9.58. The average molecular weight is 283 g/mol. The quantitative estimate of drug-likeness (QED) is 0.523. The van der Waals surface area contributed by atoms with E-state index in [0.717, 1.165) is 17.6 Å². The van der Waals surface area contributed by atoms with Gasteiger partial charge in [0, 0.05) is 24.4 Å². The third kappa shape index (κ3) is 2.22. The van der Waals surface area contributed by atoms with Gasteiger partial charge in [-0.15, -0.1) is 0 Å². The van der Waals surface area contributed by atoms with Crippen molar-refractivity contribution in [3.63, 3.8) is 0 Å². The fraction of sp³-hybridized carbons (Fsp3) is 0.294. The lowest BCUT2D eigenvalue weighted by Gasteiger charge is -2.06. The lowest BCUT2D eigenvalue weighted by Crippen LogP contribution is -1.98. The van der Waals surface area contributed by atoms with E-state index in [1.165, 1.54) is 31.8 Å². The van der Waals surface area contributed by atoms with Crippen molar-refractivity contribution in [3.05, 3.63) is 41.0 Å². The number of hydrogen-bond donors (Lipinski definition) is 1. The van der Waals surface area contributed by atoms with Gasteiger partial charge in [0.2, 0.25) is 11.3 Å². The molecule has 0 saturated heterocycles. The van der Waals surface area contributed by atoms with Crippen LogP contribution in [0.3, 0.4) is 0 Å². The van der Waals surface area contributed by atoms with Gasteiger partial charge < -0.3 is 5.32 Å². The van der Waals surface area contributed by atoms with Crippen LogP contribution >= 0.6 is 11.3 Å². The van der Waals surface area contributed by atoms with Crippen molar-refractivity contribution in [1.29, 1.82) is 0 Å². The summed E-state index contributed by atoms with van der Waals surface area (Å²) in [6.45, 7) is 9.50. The van der Waals surface area contributed by atoms with Gasteiger partial charge in [-0.2, -0.15) is 0 Å². The van der Waals surface area contributed by atoms with Crippen LogP contribution in [-0.2, 0) is 0 Å². The first-order valence-electron chi connectivity index (χ1n) is 6.98. The summed E-state index contributed by atoms with van der Waals surface area (Å²) in [4.78, 5) is 4.82. The van der Waals surface area contributed by atoms with E-state index in [9.17, 15) is 0 Å². The lowest BCUT2D eigenvalue weighted by atomic mass is 10.1. The van der Waals surface area contributed by atoms with Crippen LogP contribution in [0.2, 0.25) is 0 Å². The predicted molar refractivity (Wildman–Crippen MR) is 89.9 cm³/mol. The monoisotopic (exact) mass is 283 g/mol. The second kappa shape index (κ2) is 4.98. The molecule has 3 aromatic rings. The van der Waals surface area contributed by atoms with Gasteiger partial charge in [-0.05, 0) is 56.5 Å². The Labute approximate surface area is 123 Å². The lowest BCUT2D eigenvalue weighted by molar-refractivity contribution is 1.20. The molecule has 2 aromatic carbocycles. The number of benzene rings is 2. The molecule has 0 aliphatic rings. The molecule has 0 bridgehead atoms. The standard InChI is InChI=1S/C17H19N2S/c1-5-18-13-9-17-15(7-12(13)4)19-14-6-10(2)11(3)8-16(14)20-17/h6-9,18H,5H2,1-4H3/q+1. The maximum absolute atomic E-state index is 4.82. The van der Waals surface area contributed by atoms with Gasteiger partial charge in [-0.1, -0.05) is 0 Å². The minimum atomic E-state index is 0.941. The topological polar surface area (TPSA) is 24.9 Å². The third-order valence-corrected chi connectivity index (χ3v) is 4.80. The van der Waals surface area contributed by atoms with E-state index in [1.54, 1.807) is 0 Å². The number of aryl methyl sites for hydroxylation is 3. The van der Waals surface area contributed by atoms with Gasteiger partial charge in [0.05, 0.1) is 0 Å². The van der Waals surface area contributed by atoms with E-state index < -0.39 is 0 Å². The number of fused-ring (bicyclic) bond motifs is 2. The van der Waals surface area contributed by atoms with Crippen molar-refractivity contribution >= 4 is 37.5 Å². The SMILES string of the molecule is CCNc1cc2[s+]c3cc(C)c(C)cc3nc2cc1C. The molecule has 0 fully saturated rings. The molecule has 0 spiro atoms. The minimum Gasteiger partial charge on any atom is -0.385 e. The summed E-state index contributed by atoms with van der Waals surface area (Å²) in [5.74, 6) is 0. The zero-order chi connectivity index (χ0) is 14.3. The van der Waals surface area contributed by atoms with Crippen LogP contribution in [0.5, 0.6) is 0 Å². The molecule has 0 radical (unpaired) electrons. The van der Waals surface area contributed by atoms with Gasteiger partial charge in [-0.3, -0.25) is 0 Å². The van der Waals surface area contributed by atoms with Gasteiger partial charge >= 0.3 is 0 Å². The van der Waals surface area contributed by atoms with Gasteiger partial charge in [0.25, 0.3) is 9.40 Å². The molecule has 2 nitrogen and oxygen atoms in total. The molecule has 0 atom stereocenters. The van der Waals surface area contributed by atoms with E-state index in [2.05, 4.69) is 57.3 Å². The first-order valence-corrected chi connectivity index (χ1v) is 7.79. The Bertz CT molecular complexity index is 809. The van der Waals surface area contributed by atoms with E-state index in [-0.39, 0.29) is 0 Å². The predicted octanol–water partition coefficient (Wildman–Crippen LogP) is 5.09. The summed E-state index contributed by atoms with van der Waals surface area (Å²) < 4.78 is 2.49. The second-order valence-electron chi connectivity index (χ2n) is 5.28. The normalized spacial score (nSPS) is 11.2.